The minimum atomic E-state index is -0.196. The van der Waals surface area contributed by atoms with Gasteiger partial charge < -0.3 is 16.8 Å². The molecule has 1 aliphatic heterocycles. The molecule has 0 aliphatic carbocycles. The van der Waals surface area contributed by atoms with Crippen molar-refractivity contribution >= 4 is 34.5 Å². The first-order valence-electron chi connectivity index (χ1n) is 7.81. The normalized spacial score (nSPS) is 19.3. The number of nitrogens with two attached hydrogens (primary N) is 2. The number of rotatable bonds is 6. The van der Waals surface area contributed by atoms with Crippen LogP contribution in [0.5, 0.6) is 0 Å². The van der Waals surface area contributed by atoms with Crippen LogP contribution in [0.3, 0.4) is 0 Å². The molecule has 10 nitrogen and oxygen atoms in total. The van der Waals surface area contributed by atoms with Crippen LogP contribution >= 0.6 is 11.8 Å². The lowest BCUT2D eigenvalue weighted by molar-refractivity contribution is 0.184. The van der Waals surface area contributed by atoms with E-state index in [0.717, 1.165) is 13.1 Å². The molecule has 0 aromatic carbocycles. The molecule has 0 radical (unpaired) electrons. The minimum Gasteiger partial charge on any atom is -0.383 e. The molecule has 7 N–H and O–H groups in total. The second-order valence-corrected chi connectivity index (χ2v) is 5.72. The highest BCUT2D eigenvalue weighted by Crippen LogP contribution is 2.21. The number of nitrogens with zero attached hydrogens (tertiary/aromatic N) is 5. The monoisotopic (exact) mass is 352 g/mol. The first-order chi connectivity index (χ1) is 11.6. The van der Waals surface area contributed by atoms with E-state index in [1.54, 1.807) is 0 Å². The molecule has 1 aromatic rings. The third kappa shape index (κ3) is 4.69. The number of hydrogen-bond acceptors (Lipinski definition) is 9. The Hall–Kier alpha value is -2.11. The summed E-state index contributed by atoms with van der Waals surface area (Å²) in [5.74, 6) is 1.19. The first kappa shape index (κ1) is 18.2. The Bertz CT molecular complexity index is 597. The molecule has 0 bridgehead atoms. The van der Waals surface area contributed by atoms with E-state index in [-0.39, 0.29) is 6.29 Å². The highest BCUT2D eigenvalue weighted by atomic mass is 32.2. The molecule has 1 aliphatic rings. The highest BCUT2D eigenvalue weighted by molar-refractivity contribution is 8.13. The third-order valence-corrected chi connectivity index (χ3v) is 3.73. The van der Waals surface area contributed by atoms with Gasteiger partial charge in [-0.15, -0.1) is 0 Å². The van der Waals surface area contributed by atoms with Crippen LogP contribution in [0.2, 0.25) is 0 Å². The maximum atomic E-state index is 5.75. The number of guanidine groups is 1. The van der Waals surface area contributed by atoms with Crippen LogP contribution in [0, 0.1) is 0 Å². The summed E-state index contributed by atoms with van der Waals surface area (Å²) >= 11 is 1.27. The number of aromatic nitrogens is 2. The fourth-order valence-electron chi connectivity index (χ4n) is 2.03. The average molecular weight is 352 g/mol. The summed E-state index contributed by atoms with van der Waals surface area (Å²) in [6.07, 6.45) is -0.196. The lowest BCUT2D eigenvalue weighted by Gasteiger charge is -2.37. The zero-order valence-corrected chi connectivity index (χ0v) is 14.9. The molecule has 0 fully saturated rings. The fraction of sp³-hybridized carbons (Fsp3) is 0.538. The SMILES string of the molecule is CCN=C1N=C(Sc2nc(N)cc(N)n2)N(NCC)C(NCC)N1. The van der Waals surface area contributed by atoms with E-state index in [0.29, 0.717) is 34.5 Å². The van der Waals surface area contributed by atoms with Gasteiger partial charge in [-0.05, 0) is 25.2 Å². The van der Waals surface area contributed by atoms with Gasteiger partial charge >= 0.3 is 0 Å². The average Bonchev–Trinajstić information content (AvgIpc) is 2.50. The molecule has 1 atom stereocenters. The summed E-state index contributed by atoms with van der Waals surface area (Å²) in [6.45, 7) is 8.13. The molecule has 0 spiro atoms. The highest BCUT2D eigenvalue weighted by Gasteiger charge is 2.28. The largest absolute Gasteiger partial charge is 0.383 e. The van der Waals surface area contributed by atoms with E-state index in [1.807, 2.05) is 25.8 Å². The molecule has 0 amide bonds. The van der Waals surface area contributed by atoms with Crippen molar-refractivity contribution in [1.29, 1.82) is 0 Å². The van der Waals surface area contributed by atoms with Crippen molar-refractivity contribution in [2.75, 3.05) is 31.1 Å². The number of anilines is 2. The van der Waals surface area contributed by atoms with Crippen LogP contribution in [0.25, 0.3) is 0 Å². The summed E-state index contributed by atoms with van der Waals surface area (Å²) in [4.78, 5) is 17.3. The van der Waals surface area contributed by atoms with Crippen LogP contribution < -0.4 is 27.5 Å². The quantitative estimate of drug-likeness (QED) is 0.439. The predicted octanol–water partition coefficient (Wildman–Crippen LogP) is -0.212. The Kier molecular flexibility index (Phi) is 6.58. The van der Waals surface area contributed by atoms with Gasteiger partial charge in [-0.3, -0.25) is 10.3 Å². The van der Waals surface area contributed by atoms with E-state index in [4.69, 9.17) is 11.5 Å². The number of hydrazine groups is 1. The smallest absolute Gasteiger partial charge is 0.223 e. The van der Waals surface area contributed by atoms with Crippen LogP contribution in [0.4, 0.5) is 11.6 Å². The first-order valence-corrected chi connectivity index (χ1v) is 8.62. The van der Waals surface area contributed by atoms with Gasteiger partial charge in [-0.1, -0.05) is 13.8 Å². The van der Waals surface area contributed by atoms with Gasteiger partial charge in [0.15, 0.2) is 16.6 Å². The van der Waals surface area contributed by atoms with Gasteiger partial charge in [0.1, 0.15) is 11.6 Å². The summed E-state index contributed by atoms with van der Waals surface area (Å²) < 4.78 is 0. The fourth-order valence-corrected chi connectivity index (χ4v) is 2.90. The van der Waals surface area contributed by atoms with Gasteiger partial charge in [-0.25, -0.2) is 20.4 Å². The van der Waals surface area contributed by atoms with Crippen molar-refractivity contribution in [2.45, 2.75) is 32.2 Å². The van der Waals surface area contributed by atoms with Gasteiger partial charge in [0.05, 0.1) is 0 Å². The molecule has 0 saturated carbocycles. The minimum absolute atomic E-state index is 0.196. The van der Waals surface area contributed by atoms with Crippen LogP contribution in [-0.2, 0) is 0 Å². The Balaban J connectivity index is 2.34. The molecule has 132 valence electrons. The lowest BCUT2D eigenvalue weighted by atomic mass is 10.5. The van der Waals surface area contributed by atoms with E-state index >= 15 is 0 Å². The molecule has 2 heterocycles. The zero-order chi connectivity index (χ0) is 17.5. The molecular formula is C13H24N10S. The van der Waals surface area contributed by atoms with E-state index in [2.05, 4.69) is 36.0 Å². The van der Waals surface area contributed by atoms with Crippen molar-refractivity contribution in [3.05, 3.63) is 6.07 Å². The number of amidine groups is 1. The number of nitrogen functional groups attached to an aromatic ring is 2. The van der Waals surface area contributed by atoms with Gasteiger partial charge in [0, 0.05) is 19.2 Å². The molecule has 2 rings (SSSR count). The molecule has 24 heavy (non-hydrogen) atoms. The van der Waals surface area contributed by atoms with Crippen molar-refractivity contribution in [2.24, 2.45) is 9.98 Å². The predicted molar refractivity (Wildman–Crippen MR) is 98.2 cm³/mol. The zero-order valence-electron chi connectivity index (χ0n) is 14.1. The number of hydrogen-bond donors (Lipinski definition) is 5. The number of nitrogens with one attached hydrogen (secondary N) is 3. The van der Waals surface area contributed by atoms with E-state index in [9.17, 15) is 0 Å². The van der Waals surface area contributed by atoms with E-state index in [1.165, 1.54) is 17.8 Å². The summed E-state index contributed by atoms with van der Waals surface area (Å²) in [6, 6.07) is 1.52. The summed E-state index contributed by atoms with van der Waals surface area (Å²) in [5, 5.41) is 9.54. The van der Waals surface area contributed by atoms with Crippen molar-refractivity contribution < 1.29 is 0 Å². The standard InChI is InChI=1S/C13H24N10S/c1-4-16-10-21-11(17-5-2)23(18-6-3)13(22-10)24-12-19-8(14)7-9(15)20-12/h7,11,17-18H,4-6H2,1-3H3,(H,16,21)(H4,14,15,19,20). The maximum absolute atomic E-state index is 5.75. The Morgan fingerprint density at radius 2 is 1.96 bits per heavy atom. The Labute approximate surface area is 145 Å². The maximum Gasteiger partial charge on any atom is 0.223 e. The summed E-state index contributed by atoms with van der Waals surface area (Å²) in [5.41, 5.74) is 14.8. The second-order valence-electron chi connectivity index (χ2n) is 4.78. The summed E-state index contributed by atoms with van der Waals surface area (Å²) in [7, 11) is 0. The molecule has 0 saturated heterocycles. The van der Waals surface area contributed by atoms with Crippen LogP contribution in [0.15, 0.2) is 21.2 Å². The number of aliphatic imine (C=N–C) groups is 2. The van der Waals surface area contributed by atoms with E-state index < -0.39 is 0 Å². The molecule has 11 heteroatoms. The van der Waals surface area contributed by atoms with Crippen LogP contribution in [-0.4, -0.2) is 52.0 Å². The van der Waals surface area contributed by atoms with Gasteiger partial charge in [-0.2, -0.15) is 4.99 Å². The lowest BCUT2D eigenvalue weighted by Crippen LogP contribution is -2.65. The molecular weight excluding hydrogens is 328 g/mol. The topological polar surface area (TPSA) is 142 Å². The van der Waals surface area contributed by atoms with Crippen molar-refractivity contribution in [3.8, 4) is 0 Å². The Morgan fingerprint density at radius 1 is 1.25 bits per heavy atom. The van der Waals surface area contributed by atoms with Gasteiger partial charge in [0.25, 0.3) is 0 Å². The molecule has 1 aromatic heterocycles. The van der Waals surface area contributed by atoms with Gasteiger partial charge in [0.2, 0.25) is 5.96 Å². The van der Waals surface area contributed by atoms with Crippen molar-refractivity contribution in [3.63, 3.8) is 0 Å². The Morgan fingerprint density at radius 3 is 2.54 bits per heavy atom. The second kappa shape index (κ2) is 8.66. The number of thioether (sulfide) groups is 1. The third-order valence-electron chi connectivity index (χ3n) is 2.89. The van der Waals surface area contributed by atoms with Crippen molar-refractivity contribution in [1.82, 2.24) is 31.0 Å². The van der Waals surface area contributed by atoms with Crippen LogP contribution in [0.1, 0.15) is 20.8 Å². The molecule has 1 unspecified atom stereocenters.